The Kier molecular flexibility index (Phi) is 6.34. The van der Waals surface area contributed by atoms with Gasteiger partial charge < -0.3 is 14.1 Å². The fourth-order valence-corrected chi connectivity index (χ4v) is 4.08. The molecule has 0 aliphatic heterocycles. The summed E-state index contributed by atoms with van der Waals surface area (Å²) in [6.45, 7) is 7.78. The zero-order valence-corrected chi connectivity index (χ0v) is 17.8. The van der Waals surface area contributed by atoms with Crippen molar-refractivity contribution in [3.63, 3.8) is 0 Å². The van der Waals surface area contributed by atoms with Crippen LogP contribution in [0.1, 0.15) is 43.6 Å². The summed E-state index contributed by atoms with van der Waals surface area (Å²) in [6.07, 6.45) is 4.77. The molecule has 0 radical (unpaired) electrons. The lowest BCUT2D eigenvalue weighted by Crippen LogP contribution is -2.27. The molecule has 2 aromatic carbocycles. The van der Waals surface area contributed by atoms with Gasteiger partial charge in [0.25, 0.3) is 0 Å². The third kappa shape index (κ3) is 4.34. The second kappa shape index (κ2) is 9.31. The number of fused-ring (bicyclic) bond motifs is 2. The van der Waals surface area contributed by atoms with Gasteiger partial charge in [-0.3, -0.25) is 4.79 Å². The minimum Gasteiger partial charge on any atom is -0.492 e. The van der Waals surface area contributed by atoms with E-state index >= 15 is 0 Å². The van der Waals surface area contributed by atoms with Crippen LogP contribution in [0.5, 0.6) is 5.75 Å². The quantitative estimate of drug-likeness (QED) is 0.530. The van der Waals surface area contributed by atoms with Gasteiger partial charge >= 0.3 is 0 Å². The van der Waals surface area contributed by atoms with Crippen molar-refractivity contribution in [1.29, 1.82) is 0 Å². The summed E-state index contributed by atoms with van der Waals surface area (Å²) in [5, 5.41) is 0.607. The van der Waals surface area contributed by atoms with Crippen LogP contribution in [0.15, 0.2) is 57.7 Å². The molecule has 0 saturated heterocycles. The molecular weight excluding hydrogens is 374 g/mol. The zero-order valence-electron chi connectivity index (χ0n) is 17.8. The molecule has 0 atom stereocenters. The van der Waals surface area contributed by atoms with E-state index in [1.165, 1.54) is 0 Å². The van der Waals surface area contributed by atoms with Gasteiger partial charge in [-0.05, 0) is 67.8 Å². The van der Waals surface area contributed by atoms with Crippen LogP contribution in [0.4, 0.5) is 0 Å². The molecule has 0 saturated carbocycles. The highest BCUT2D eigenvalue weighted by Gasteiger charge is 2.22. The Morgan fingerprint density at radius 2 is 1.87 bits per heavy atom. The van der Waals surface area contributed by atoms with Crippen molar-refractivity contribution in [1.82, 2.24) is 4.90 Å². The van der Waals surface area contributed by atoms with E-state index in [0.717, 1.165) is 67.1 Å². The smallest absolute Gasteiger partial charge is 0.196 e. The Bertz CT molecular complexity index is 1090. The SMILES string of the molecule is CCN(CC)CCOc1ccc2oc3c(c(=O)c2c1)CCCC3=Cc1ccccc1. The van der Waals surface area contributed by atoms with Crippen molar-refractivity contribution in [3.8, 4) is 5.75 Å². The van der Waals surface area contributed by atoms with Gasteiger partial charge in [0.1, 0.15) is 23.7 Å². The summed E-state index contributed by atoms with van der Waals surface area (Å²) < 4.78 is 12.2. The first-order valence-electron chi connectivity index (χ1n) is 10.9. The highest BCUT2D eigenvalue weighted by atomic mass is 16.5. The molecule has 0 unspecified atom stereocenters. The van der Waals surface area contributed by atoms with E-state index < -0.39 is 0 Å². The lowest BCUT2D eigenvalue weighted by molar-refractivity contribution is 0.223. The molecule has 3 aromatic rings. The van der Waals surface area contributed by atoms with E-state index in [2.05, 4.69) is 37.0 Å². The van der Waals surface area contributed by atoms with Crippen LogP contribution in [0.25, 0.3) is 22.6 Å². The summed E-state index contributed by atoms with van der Waals surface area (Å²) in [4.78, 5) is 15.6. The zero-order chi connectivity index (χ0) is 20.9. The van der Waals surface area contributed by atoms with Gasteiger partial charge in [0.05, 0.1) is 5.39 Å². The van der Waals surface area contributed by atoms with Gasteiger partial charge in [0, 0.05) is 12.1 Å². The van der Waals surface area contributed by atoms with E-state index in [1.807, 2.05) is 36.4 Å². The molecule has 30 heavy (non-hydrogen) atoms. The molecule has 1 aliphatic rings. The van der Waals surface area contributed by atoms with E-state index in [0.29, 0.717) is 17.6 Å². The van der Waals surface area contributed by atoms with Crippen molar-refractivity contribution < 1.29 is 9.15 Å². The third-order valence-corrected chi connectivity index (χ3v) is 5.83. The third-order valence-electron chi connectivity index (χ3n) is 5.83. The predicted octanol–water partition coefficient (Wildman–Crippen LogP) is 5.39. The van der Waals surface area contributed by atoms with Crippen molar-refractivity contribution in [2.45, 2.75) is 33.1 Å². The Morgan fingerprint density at radius 3 is 2.63 bits per heavy atom. The molecule has 0 fully saturated rings. The first kappa shape index (κ1) is 20.4. The van der Waals surface area contributed by atoms with Gasteiger partial charge in [0.15, 0.2) is 5.43 Å². The number of rotatable bonds is 7. The normalized spacial score (nSPS) is 15.0. The summed E-state index contributed by atoms with van der Waals surface area (Å²) in [7, 11) is 0. The summed E-state index contributed by atoms with van der Waals surface area (Å²) in [5.74, 6) is 1.47. The van der Waals surface area contributed by atoms with Gasteiger partial charge in [-0.1, -0.05) is 44.2 Å². The molecule has 4 nitrogen and oxygen atoms in total. The number of hydrogen-bond donors (Lipinski definition) is 0. The Balaban J connectivity index is 1.64. The number of nitrogens with zero attached hydrogens (tertiary/aromatic N) is 1. The van der Waals surface area contributed by atoms with Gasteiger partial charge in [-0.25, -0.2) is 0 Å². The predicted molar refractivity (Wildman–Crippen MR) is 123 cm³/mol. The minimum atomic E-state index is 0.0686. The lowest BCUT2D eigenvalue weighted by Gasteiger charge is -2.19. The van der Waals surface area contributed by atoms with Gasteiger partial charge in [0.2, 0.25) is 0 Å². The van der Waals surface area contributed by atoms with Crippen LogP contribution >= 0.6 is 0 Å². The molecule has 1 heterocycles. The highest BCUT2D eigenvalue weighted by Crippen LogP contribution is 2.33. The maximum absolute atomic E-state index is 13.2. The molecule has 4 rings (SSSR count). The van der Waals surface area contributed by atoms with E-state index in [4.69, 9.17) is 9.15 Å². The van der Waals surface area contributed by atoms with Crippen LogP contribution in [0.3, 0.4) is 0 Å². The van der Waals surface area contributed by atoms with Crippen LogP contribution in [-0.2, 0) is 6.42 Å². The Morgan fingerprint density at radius 1 is 1.07 bits per heavy atom. The number of allylic oxidation sites excluding steroid dienone is 1. The molecular formula is C26H29NO3. The van der Waals surface area contributed by atoms with Crippen LogP contribution in [0, 0.1) is 0 Å². The average Bonchev–Trinajstić information content (AvgIpc) is 2.78. The number of ether oxygens (including phenoxy) is 1. The van der Waals surface area contributed by atoms with Crippen molar-refractivity contribution in [3.05, 3.63) is 75.6 Å². The number of benzene rings is 2. The van der Waals surface area contributed by atoms with Gasteiger partial charge in [-0.2, -0.15) is 0 Å². The Labute approximate surface area is 177 Å². The molecule has 4 heteroatoms. The van der Waals surface area contributed by atoms with Crippen molar-refractivity contribution in [2.24, 2.45) is 0 Å². The summed E-state index contributed by atoms with van der Waals surface area (Å²) in [5.41, 5.74) is 3.70. The second-order valence-corrected chi connectivity index (χ2v) is 7.71. The van der Waals surface area contributed by atoms with E-state index in [-0.39, 0.29) is 5.43 Å². The average molecular weight is 404 g/mol. The monoisotopic (exact) mass is 403 g/mol. The molecule has 0 N–H and O–H groups in total. The molecule has 0 spiro atoms. The topological polar surface area (TPSA) is 42.7 Å². The minimum absolute atomic E-state index is 0.0686. The molecule has 0 bridgehead atoms. The van der Waals surface area contributed by atoms with Crippen LogP contribution < -0.4 is 10.2 Å². The number of likely N-dealkylation sites (N-methyl/N-ethyl adjacent to an activating group) is 1. The second-order valence-electron chi connectivity index (χ2n) is 7.71. The van der Waals surface area contributed by atoms with E-state index in [1.54, 1.807) is 0 Å². The maximum Gasteiger partial charge on any atom is 0.196 e. The standard InChI is InChI=1S/C26H29NO3/c1-3-27(4-2)15-16-29-21-13-14-24-23(18-21)25(28)22-12-8-11-20(26(22)30-24)17-19-9-6-5-7-10-19/h5-7,9-10,13-14,17-18H,3-4,8,11-12,15-16H2,1-2H3. The van der Waals surface area contributed by atoms with Crippen LogP contribution in [0.2, 0.25) is 0 Å². The largest absolute Gasteiger partial charge is 0.492 e. The van der Waals surface area contributed by atoms with Crippen LogP contribution in [-0.4, -0.2) is 31.1 Å². The molecule has 1 aliphatic carbocycles. The molecule has 0 amide bonds. The molecule has 1 aromatic heterocycles. The Hall–Kier alpha value is -2.85. The van der Waals surface area contributed by atoms with E-state index in [9.17, 15) is 4.79 Å². The van der Waals surface area contributed by atoms with Crippen molar-refractivity contribution in [2.75, 3.05) is 26.2 Å². The fourth-order valence-electron chi connectivity index (χ4n) is 4.08. The molecule has 156 valence electrons. The number of hydrogen-bond acceptors (Lipinski definition) is 4. The summed E-state index contributed by atoms with van der Waals surface area (Å²) in [6, 6.07) is 15.8. The summed E-state index contributed by atoms with van der Waals surface area (Å²) >= 11 is 0. The first-order valence-corrected chi connectivity index (χ1v) is 10.9. The fraction of sp³-hybridized carbons (Fsp3) is 0.346. The van der Waals surface area contributed by atoms with Crippen molar-refractivity contribution >= 4 is 22.6 Å². The maximum atomic E-state index is 13.2. The van der Waals surface area contributed by atoms with Gasteiger partial charge in [-0.15, -0.1) is 0 Å². The lowest BCUT2D eigenvalue weighted by atomic mass is 9.90. The first-order chi connectivity index (χ1) is 14.7. The highest BCUT2D eigenvalue weighted by molar-refractivity contribution is 5.86.